The smallest absolute Gasteiger partial charge is 0.0975 e. The fourth-order valence-electron chi connectivity index (χ4n) is 1.52. The number of ether oxygens (including phenoxy) is 1. The summed E-state index contributed by atoms with van der Waals surface area (Å²) in [6, 6.07) is 2.16. The summed E-state index contributed by atoms with van der Waals surface area (Å²) >= 11 is 1.38. The number of nitrogens with one attached hydrogen (secondary N) is 1. The van der Waals surface area contributed by atoms with Crippen LogP contribution in [0.5, 0.6) is 0 Å². The Bertz CT molecular complexity index is 377. The number of nitriles is 1. The van der Waals surface area contributed by atoms with Gasteiger partial charge in [0.1, 0.15) is 0 Å². The fraction of sp³-hybridized carbons (Fsp3) is 0.500. The lowest BCUT2D eigenvalue weighted by Crippen LogP contribution is -2.22. The maximum Gasteiger partial charge on any atom is 0.0975 e. The summed E-state index contributed by atoms with van der Waals surface area (Å²) < 4.78 is 5.64. The van der Waals surface area contributed by atoms with Gasteiger partial charge in [-0.25, -0.2) is 0 Å². The second-order valence-electron chi connectivity index (χ2n) is 3.81. The third kappa shape index (κ3) is 3.22. The molecule has 0 radical (unpaired) electrons. The van der Waals surface area contributed by atoms with Gasteiger partial charge in [0.05, 0.1) is 28.9 Å². The molecule has 0 amide bonds. The minimum atomic E-state index is -0.150. The van der Waals surface area contributed by atoms with Crippen molar-refractivity contribution in [3.05, 3.63) is 23.3 Å². The van der Waals surface area contributed by atoms with Gasteiger partial charge in [0.15, 0.2) is 0 Å². The summed E-state index contributed by atoms with van der Waals surface area (Å²) in [7, 11) is 0. The van der Waals surface area contributed by atoms with Crippen LogP contribution < -0.4 is 0 Å². The van der Waals surface area contributed by atoms with Crippen molar-refractivity contribution in [2.24, 2.45) is 0 Å². The maximum atomic E-state index is 9.04. The van der Waals surface area contributed by atoms with E-state index in [9.17, 15) is 0 Å². The second-order valence-corrected chi connectivity index (χ2v) is 4.63. The van der Waals surface area contributed by atoms with Crippen LogP contribution in [-0.4, -0.2) is 23.5 Å². The van der Waals surface area contributed by atoms with Crippen LogP contribution in [0.2, 0.25) is 0 Å². The molecule has 1 aliphatic rings. The normalized spacial score (nSPS) is 20.1. The molecule has 1 aliphatic carbocycles. The van der Waals surface area contributed by atoms with Crippen molar-refractivity contribution >= 4 is 16.8 Å². The van der Waals surface area contributed by atoms with Gasteiger partial charge in [0.25, 0.3) is 0 Å². The molecule has 0 saturated heterocycles. The highest BCUT2D eigenvalue weighted by atomic mass is 32.2. The van der Waals surface area contributed by atoms with Crippen molar-refractivity contribution in [1.29, 1.82) is 10.7 Å². The molecule has 1 unspecified atom stereocenters. The molecular weight excluding hydrogens is 220 g/mol. The molecule has 0 heterocycles. The average molecular weight is 236 g/mol. The van der Waals surface area contributed by atoms with E-state index in [1.54, 1.807) is 6.08 Å². The number of thioether (sulfide) groups is 1. The summed E-state index contributed by atoms with van der Waals surface area (Å²) in [5.74, 6) is 0. The molecule has 0 saturated carbocycles. The third-order valence-corrected chi connectivity index (χ3v) is 2.89. The SMILES string of the molecule is CSC(=N)C1=CCC(OC(C)C)C(C#N)=C1. The van der Waals surface area contributed by atoms with Crippen molar-refractivity contribution in [1.82, 2.24) is 0 Å². The average Bonchev–Trinajstić information content (AvgIpc) is 2.27. The molecule has 1 atom stereocenters. The van der Waals surface area contributed by atoms with Crippen LogP contribution in [0.25, 0.3) is 0 Å². The van der Waals surface area contributed by atoms with Crippen LogP contribution in [0.1, 0.15) is 20.3 Å². The van der Waals surface area contributed by atoms with Crippen molar-refractivity contribution in [2.75, 3.05) is 6.26 Å². The molecule has 0 spiro atoms. The van der Waals surface area contributed by atoms with E-state index in [0.29, 0.717) is 17.0 Å². The fourth-order valence-corrected chi connectivity index (χ4v) is 1.90. The molecule has 0 fully saturated rings. The number of nitrogens with zero attached hydrogens (tertiary/aromatic N) is 1. The van der Waals surface area contributed by atoms with Crippen molar-refractivity contribution in [3.63, 3.8) is 0 Å². The molecule has 1 rings (SSSR count). The second kappa shape index (κ2) is 5.88. The molecule has 16 heavy (non-hydrogen) atoms. The van der Waals surface area contributed by atoms with Gasteiger partial charge in [0.2, 0.25) is 0 Å². The van der Waals surface area contributed by atoms with Gasteiger partial charge in [-0.15, -0.1) is 11.8 Å². The first-order chi connectivity index (χ1) is 7.58. The zero-order valence-electron chi connectivity index (χ0n) is 9.78. The van der Waals surface area contributed by atoms with Crippen molar-refractivity contribution in [3.8, 4) is 6.07 Å². The standard InChI is InChI=1S/C12H16N2OS/c1-8(2)15-11-5-4-9(12(14)16-3)6-10(11)7-13/h4,6,8,11,14H,5H2,1-3H3. The lowest BCUT2D eigenvalue weighted by Gasteiger charge is -2.22. The molecule has 0 aliphatic heterocycles. The third-order valence-electron chi connectivity index (χ3n) is 2.24. The Morgan fingerprint density at radius 1 is 1.69 bits per heavy atom. The molecule has 0 bridgehead atoms. The molecular formula is C12H16N2OS. The quantitative estimate of drug-likeness (QED) is 0.605. The zero-order valence-corrected chi connectivity index (χ0v) is 10.6. The maximum absolute atomic E-state index is 9.04. The van der Waals surface area contributed by atoms with Gasteiger partial charge in [0, 0.05) is 5.57 Å². The topological polar surface area (TPSA) is 56.9 Å². The molecule has 4 heteroatoms. The summed E-state index contributed by atoms with van der Waals surface area (Å²) in [6.07, 6.45) is 6.22. The van der Waals surface area contributed by atoms with E-state index in [0.717, 1.165) is 5.57 Å². The van der Waals surface area contributed by atoms with Crippen LogP contribution in [-0.2, 0) is 4.74 Å². The Labute approximate surface area is 101 Å². The van der Waals surface area contributed by atoms with Gasteiger partial charge in [-0.05, 0) is 32.6 Å². The first-order valence-electron chi connectivity index (χ1n) is 5.18. The highest BCUT2D eigenvalue weighted by Crippen LogP contribution is 2.24. The van der Waals surface area contributed by atoms with Crippen LogP contribution in [0.3, 0.4) is 0 Å². The Hall–Kier alpha value is -1.05. The molecule has 1 N–H and O–H groups in total. The lowest BCUT2D eigenvalue weighted by atomic mass is 9.97. The van der Waals surface area contributed by atoms with E-state index in [4.69, 9.17) is 15.4 Å². The monoisotopic (exact) mass is 236 g/mol. The van der Waals surface area contributed by atoms with Gasteiger partial charge in [-0.1, -0.05) is 6.08 Å². The molecule has 3 nitrogen and oxygen atoms in total. The van der Waals surface area contributed by atoms with E-state index < -0.39 is 0 Å². The van der Waals surface area contributed by atoms with Crippen LogP contribution >= 0.6 is 11.8 Å². The van der Waals surface area contributed by atoms with E-state index in [1.807, 2.05) is 26.2 Å². The Kier molecular flexibility index (Phi) is 4.78. The van der Waals surface area contributed by atoms with E-state index in [1.165, 1.54) is 11.8 Å². The van der Waals surface area contributed by atoms with Gasteiger partial charge < -0.3 is 4.74 Å². The predicted octanol–water partition coefficient (Wildman–Crippen LogP) is 2.90. The Morgan fingerprint density at radius 3 is 2.88 bits per heavy atom. The number of hydrogen-bond acceptors (Lipinski definition) is 4. The largest absolute Gasteiger partial charge is 0.370 e. The minimum absolute atomic E-state index is 0.108. The summed E-state index contributed by atoms with van der Waals surface area (Å²) in [5.41, 5.74) is 1.44. The van der Waals surface area contributed by atoms with Crippen LogP contribution in [0.15, 0.2) is 23.3 Å². The van der Waals surface area contributed by atoms with Crippen molar-refractivity contribution < 1.29 is 4.74 Å². The Morgan fingerprint density at radius 2 is 2.38 bits per heavy atom. The van der Waals surface area contributed by atoms with E-state index >= 15 is 0 Å². The Balaban J connectivity index is 2.82. The van der Waals surface area contributed by atoms with E-state index in [-0.39, 0.29) is 12.2 Å². The molecule has 0 aromatic carbocycles. The number of allylic oxidation sites excluding steroid dienone is 1. The van der Waals surface area contributed by atoms with Crippen LogP contribution in [0.4, 0.5) is 0 Å². The van der Waals surface area contributed by atoms with Crippen molar-refractivity contribution in [2.45, 2.75) is 32.5 Å². The van der Waals surface area contributed by atoms with Gasteiger partial charge in [-0.2, -0.15) is 5.26 Å². The lowest BCUT2D eigenvalue weighted by molar-refractivity contribution is 0.0325. The summed E-state index contributed by atoms with van der Waals surface area (Å²) in [5, 5.41) is 17.2. The molecule has 0 aromatic heterocycles. The first-order valence-corrected chi connectivity index (χ1v) is 6.41. The highest BCUT2D eigenvalue weighted by molar-refractivity contribution is 8.13. The predicted molar refractivity (Wildman–Crippen MR) is 67.6 cm³/mol. The number of hydrogen-bond donors (Lipinski definition) is 1. The van der Waals surface area contributed by atoms with Gasteiger partial charge in [-0.3, -0.25) is 5.41 Å². The highest BCUT2D eigenvalue weighted by Gasteiger charge is 2.20. The summed E-state index contributed by atoms with van der Waals surface area (Å²) in [6.45, 7) is 3.91. The van der Waals surface area contributed by atoms with Crippen LogP contribution in [0, 0.1) is 16.7 Å². The zero-order chi connectivity index (χ0) is 12.1. The molecule has 86 valence electrons. The summed E-state index contributed by atoms with van der Waals surface area (Å²) in [4.78, 5) is 0. The molecule has 0 aromatic rings. The minimum Gasteiger partial charge on any atom is -0.370 e. The first kappa shape index (κ1) is 13.0. The van der Waals surface area contributed by atoms with Gasteiger partial charge >= 0.3 is 0 Å². The van der Waals surface area contributed by atoms with E-state index in [2.05, 4.69) is 6.07 Å². The number of rotatable bonds is 3.